The molecule has 1 aromatic rings. The number of nitrogens with zero attached hydrogens (tertiary/aromatic N) is 2. The van der Waals surface area contributed by atoms with Crippen molar-refractivity contribution in [2.75, 3.05) is 12.4 Å². The van der Waals surface area contributed by atoms with Gasteiger partial charge in [-0.1, -0.05) is 0 Å². The van der Waals surface area contributed by atoms with Gasteiger partial charge in [-0.3, -0.25) is 0 Å². The lowest BCUT2D eigenvalue weighted by molar-refractivity contribution is 0.0598. The van der Waals surface area contributed by atoms with Crippen molar-refractivity contribution in [3.63, 3.8) is 0 Å². The number of aromatic nitrogens is 2. The molecule has 2 fully saturated rings. The maximum Gasteiger partial charge on any atom is 0.341 e. The second-order valence-electron chi connectivity index (χ2n) is 6.76. The topological polar surface area (TPSA) is 84.3 Å². The normalized spacial score (nSPS) is 27.3. The van der Waals surface area contributed by atoms with Gasteiger partial charge in [0.05, 0.1) is 24.1 Å². The highest BCUT2D eigenvalue weighted by molar-refractivity contribution is 5.90. The van der Waals surface area contributed by atoms with Gasteiger partial charge in [0, 0.05) is 35.7 Å². The van der Waals surface area contributed by atoms with Crippen LogP contribution in [-0.4, -0.2) is 28.2 Å². The van der Waals surface area contributed by atoms with E-state index < -0.39 is 0 Å². The van der Waals surface area contributed by atoms with Crippen LogP contribution in [0.3, 0.4) is 0 Å². The summed E-state index contributed by atoms with van der Waals surface area (Å²) in [6.07, 6.45) is 5.58. The smallest absolute Gasteiger partial charge is 0.341 e. The predicted octanol–water partition coefficient (Wildman–Crippen LogP) is 2.67. The van der Waals surface area contributed by atoms with E-state index >= 15 is 0 Å². The first-order valence-electron chi connectivity index (χ1n) is 8.06. The number of ether oxygens (including phenoxy) is 1. The summed E-state index contributed by atoms with van der Waals surface area (Å²) in [7, 11) is 1.37. The number of rotatable bonds is 4. The first kappa shape index (κ1) is 13.1. The monoisotopic (exact) mass is 311 g/mol. The summed E-state index contributed by atoms with van der Waals surface area (Å²) >= 11 is 0. The SMILES string of the molecule is COC(=O)c1cnc(NC2=C3C4CC(O)=C2C3C4)nc1C1CC1. The molecule has 5 aliphatic rings. The van der Waals surface area contributed by atoms with Crippen molar-refractivity contribution in [1.29, 1.82) is 0 Å². The van der Waals surface area contributed by atoms with E-state index in [2.05, 4.69) is 15.3 Å². The molecule has 5 aliphatic carbocycles. The van der Waals surface area contributed by atoms with Crippen LogP contribution in [-0.2, 0) is 4.74 Å². The quantitative estimate of drug-likeness (QED) is 0.832. The average molecular weight is 311 g/mol. The Kier molecular flexibility index (Phi) is 2.47. The number of carbonyl (C=O) groups is 1. The molecule has 2 unspecified atom stereocenters. The molecule has 6 rings (SSSR count). The second-order valence-corrected chi connectivity index (χ2v) is 6.76. The number of carbonyl (C=O) groups excluding carboxylic acids is 1. The van der Waals surface area contributed by atoms with Gasteiger partial charge in [0.15, 0.2) is 0 Å². The number of nitrogens with one attached hydrogen (secondary N) is 1. The third kappa shape index (κ3) is 1.72. The van der Waals surface area contributed by atoms with E-state index in [4.69, 9.17) is 4.74 Å². The van der Waals surface area contributed by atoms with Gasteiger partial charge in [0.2, 0.25) is 5.95 Å². The number of methoxy groups -OCH3 is 1. The van der Waals surface area contributed by atoms with Gasteiger partial charge in [0.1, 0.15) is 0 Å². The Hall–Kier alpha value is -2.37. The van der Waals surface area contributed by atoms with E-state index in [-0.39, 0.29) is 5.97 Å². The zero-order valence-corrected chi connectivity index (χ0v) is 12.8. The van der Waals surface area contributed by atoms with E-state index in [9.17, 15) is 9.90 Å². The van der Waals surface area contributed by atoms with E-state index in [0.717, 1.165) is 42.6 Å². The van der Waals surface area contributed by atoms with Gasteiger partial charge in [-0.25, -0.2) is 14.8 Å². The highest BCUT2D eigenvalue weighted by Crippen LogP contribution is 2.63. The number of hydrogen-bond acceptors (Lipinski definition) is 6. The van der Waals surface area contributed by atoms with Gasteiger partial charge in [-0.15, -0.1) is 0 Å². The number of allylic oxidation sites excluding steroid dienone is 3. The van der Waals surface area contributed by atoms with Gasteiger partial charge >= 0.3 is 5.97 Å². The molecule has 4 bridgehead atoms. The molecule has 0 amide bonds. The number of fused-ring (bicyclic) bond motifs is 1. The summed E-state index contributed by atoms with van der Waals surface area (Å²) in [6, 6.07) is 0. The molecule has 2 saturated carbocycles. The number of anilines is 1. The molecule has 0 saturated heterocycles. The maximum absolute atomic E-state index is 11.8. The third-order valence-corrected chi connectivity index (χ3v) is 5.42. The Morgan fingerprint density at radius 3 is 2.87 bits per heavy atom. The lowest BCUT2D eigenvalue weighted by Gasteiger charge is -2.54. The highest BCUT2D eigenvalue weighted by Gasteiger charge is 2.54. The van der Waals surface area contributed by atoms with Crippen molar-refractivity contribution in [3.8, 4) is 0 Å². The lowest BCUT2D eigenvalue weighted by atomic mass is 9.51. The van der Waals surface area contributed by atoms with Crippen molar-refractivity contribution >= 4 is 11.9 Å². The molecule has 1 heterocycles. The Labute approximate surface area is 133 Å². The average Bonchev–Trinajstić information content (AvgIpc) is 3.37. The Bertz CT molecular complexity index is 807. The van der Waals surface area contributed by atoms with Crippen LogP contribution in [0.25, 0.3) is 0 Å². The van der Waals surface area contributed by atoms with E-state index in [1.54, 1.807) is 6.20 Å². The van der Waals surface area contributed by atoms with Crippen LogP contribution in [0.5, 0.6) is 0 Å². The predicted molar refractivity (Wildman–Crippen MR) is 81.9 cm³/mol. The molecule has 0 radical (unpaired) electrons. The number of hydrogen-bond donors (Lipinski definition) is 2. The minimum absolute atomic E-state index is 0.326. The molecular weight excluding hydrogens is 294 g/mol. The van der Waals surface area contributed by atoms with Crippen LogP contribution in [0.15, 0.2) is 28.8 Å². The lowest BCUT2D eigenvalue weighted by Crippen LogP contribution is -2.46. The molecule has 1 aromatic heterocycles. The van der Waals surface area contributed by atoms with E-state index in [0.29, 0.717) is 35.0 Å². The van der Waals surface area contributed by atoms with E-state index in [1.807, 2.05) is 0 Å². The highest BCUT2D eigenvalue weighted by atomic mass is 16.5. The summed E-state index contributed by atoms with van der Waals surface area (Å²) < 4.78 is 4.81. The largest absolute Gasteiger partial charge is 0.512 e. The number of aliphatic hydroxyl groups excluding tert-OH is 1. The summed E-state index contributed by atoms with van der Waals surface area (Å²) in [5.74, 6) is 1.89. The first-order valence-corrected chi connectivity index (χ1v) is 8.06. The summed E-state index contributed by atoms with van der Waals surface area (Å²) in [5.41, 5.74) is 4.68. The molecule has 0 aliphatic heterocycles. The second kappa shape index (κ2) is 4.34. The zero-order valence-electron chi connectivity index (χ0n) is 12.8. The van der Waals surface area contributed by atoms with Crippen LogP contribution in [0.4, 0.5) is 5.95 Å². The zero-order chi connectivity index (χ0) is 15.7. The van der Waals surface area contributed by atoms with Crippen molar-refractivity contribution < 1.29 is 14.6 Å². The standard InChI is InChI=1S/C17H17N3O3/c1-23-16(22)10-6-18-17(19-14(10)7-2-3-7)20-15-12-8-4-9(12)13(15)11(21)5-8/h6-9,21H,2-5H2,1H3,(H,18,19,20). The molecule has 6 nitrogen and oxygen atoms in total. The van der Waals surface area contributed by atoms with Crippen molar-refractivity contribution in [2.45, 2.75) is 31.6 Å². The molecule has 2 N–H and O–H groups in total. The number of esters is 1. The molecule has 6 heteroatoms. The van der Waals surface area contributed by atoms with Crippen LogP contribution < -0.4 is 5.32 Å². The first-order chi connectivity index (χ1) is 11.2. The van der Waals surface area contributed by atoms with Crippen LogP contribution in [0.2, 0.25) is 0 Å². The molecule has 0 spiro atoms. The van der Waals surface area contributed by atoms with Crippen LogP contribution in [0.1, 0.15) is 47.7 Å². The number of aliphatic hydroxyl groups is 1. The Morgan fingerprint density at radius 1 is 1.39 bits per heavy atom. The Morgan fingerprint density at radius 2 is 2.22 bits per heavy atom. The minimum atomic E-state index is -0.386. The van der Waals surface area contributed by atoms with Gasteiger partial charge in [-0.05, 0) is 30.8 Å². The molecular formula is C17H17N3O3. The van der Waals surface area contributed by atoms with Crippen molar-refractivity contribution in [2.24, 2.45) is 11.8 Å². The van der Waals surface area contributed by atoms with Crippen LogP contribution in [0, 0.1) is 11.8 Å². The van der Waals surface area contributed by atoms with Crippen LogP contribution >= 0.6 is 0 Å². The third-order valence-electron chi connectivity index (χ3n) is 5.42. The Balaban J connectivity index is 1.48. The molecule has 23 heavy (non-hydrogen) atoms. The van der Waals surface area contributed by atoms with Crippen molar-refractivity contribution in [3.05, 3.63) is 40.1 Å². The van der Waals surface area contributed by atoms with Gasteiger partial charge in [-0.2, -0.15) is 0 Å². The fourth-order valence-electron chi connectivity index (χ4n) is 4.09. The van der Waals surface area contributed by atoms with Gasteiger partial charge < -0.3 is 15.2 Å². The molecule has 2 atom stereocenters. The fourth-order valence-corrected chi connectivity index (χ4v) is 4.09. The fraction of sp³-hybridized carbons (Fsp3) is 0.471. The summed E-state index contributed by atoms with van der Waals surface area (Å²) in [5, 5.41) is 13.3. The maximum atomic E-state index is 11.8. The van der Waals surface area contributed by atoms with E-state index in [1.165, 1.54) is 12.7 Å². The minimum Gasteiger partial charge on any atom is -0.512 e. The van der Waals surface area contributed by atoms with Gasteiger partial charge in [0.25, 0.3) is 0 Å². The molecule has 0 aromatic carbocycles. The summed E-state index contributed by atoms with van der Waals surface area (Å²) in [4.78, 5) is 20.7. The molecule has 118 valence electrons. The summed E-state index contributed by atoms with van der Waals surface area (Å²) in [6.45, 7) is 0. The van der Waals surface area contributed by atoms with Crippen molar-refractivity contribution in [1.82, 2.24) is 9.97 Å².